The molecule has 0 saturated carbocycles. The molecule has 0 aliphatic carbocycles. The van der Waals surface area contributed by atoms with Crippen LogP contribution in [0.25, 0.3) is 0 Å². The van der Waals surface area contributed by atoms with E-state index in [0.29, 0.717) is 0 Å². The minimum atomic E-state index is -1.00. The quantitative estimate of drug-likeness (QED) is 0.432. The number of carboxylic acid groups (broad SMARTS) is 2. The van der Waals surface area contributed by atoms with Crippen LogP contribution in [0.5, 0.6) is 0 Å². The number of aliphatic carboxylic acids is 2. The second kappa shape index (κ2) is 6.56. The van der Waals surface area contributed by atoms with Gasteiger partial charge in [0.25, 0.3) is 0 Å². The fourth-order valence-electron chi connectivity index (χ4n) is 0. The van der Waals surface area contributed by atoms with Crippen molar-refractivity contribution >= 4 is 11.9 Å². The lowest BCUT2D eigenvalue weighted by molar-refractivity contribution is -0.139. The zero-order valence-electron chi connectivity index (χ0n) is 7.94. The van der Waals surface area contributed by atoms with E-state index in [0.717, 1.165) is 0 Å². The predicted octanol–water partition coefficient (Wildman–Crippen LogP) is -1.16. The lowest BCUT2D eigenvalue weighted by Gasteiger charge is -1.90. The normalized spacial score (nSPS) is 14.8. The third-order valence-electron chi connectivity index (χ3n) is 0.760. The Morgan fingerprint density at radius 1 is 1.25 bits per heavy atom. The third-order valence-corrected chi connectivity index (χ3v) is 0.760. The Morgan fingerprint density at radius 2 is 1.50 bits per heavy atom. The highest BCUT2D eigenvalue weighted by Gasteiger charge is 2.00. The molecule has 0 radical (unpaired) electrons. The first kappa shape index (κ1) is 10.9. The van der Waals surface area contributed by atoms with E-state index in [4.69, 9.17) is 17.4 Å². The summed E-state index contributed by atoms with van der Waals surface area (Å²) in [6.07, 6.45) is 0. The largest absolute Gasteiger partial charge is 0.480 e. The Hall–Kier alpha value is -1.14. The van der Waals surface area contributed by atoms with Crippen LogP contribution >= 0.6 is 0 Å². The molecular formula is C6H14N2O4. The second-order valence-corrected chi connectivity index (χ2v) is 2.19. The van der Waals surface area contributed by atoms with Crippen molar-refractivity contribution in [3.63, 3.8) is 0 Å². The van der Waals surface area contributed by atoms with Gasteiger partial charge in [0.15, 0.2) is 0 Å². The molecule has 6 N–H and O–H groups in total. The van der Waals surface area contributed by atoms with E-state index in [1.807, 2.05) is 5.73 Å². The SMILES string of the molecule is C[C@H](N)C(=O)O.[2H]N[C@H](C)C(=O)O. The highest BCUT2D eigenvalue weighted by atomic mass is 16.4. The van der Waals surface area contributed by atoms with E-state index in [2.05, 4.69) is 0 Å². The highest BCUT2D eigenvalue weighted by molar-refractivity contribution is 5.72. The van der Waals surface area contributed by atoms with Crippen LogP contribution < -0.4 is 11.5 Å². The number of carboxylic acids is 2. The van der Waals surface area contributed by atoms with Crippen LogP contribution in [-0.2, 0) is 9.59 Å². The van der Waals surface area contributed by atoms with E-state index in [1.165, 1.54) is 13.8 Å². The maximum atomic E-state index is 9.75. The molecule has 0 fully saturated rings. The summed E-state index contributed by atoms with van der Waals surface area (Å²) in [4.78, 5) is 19.3. The van der Waals surface area contributed by atoms with E-state index in [-0.39, 0.29) is 0 Å². The van der Waals surface area contributed by atoms with E-state index in [9.17, 15) is 9.59 Å². The smallest absolute Gasteiger partial charge is 0.320 e. The number of carbonyl (C=O) groups is 2. The first-order chi connectivity index (χ1) is 5.82. The molecule has 0 aromatic rings. The molecular weight excluding hydrogens is 164 g/mol. The summed E-state index contributed by atoms with van der Waals surface area (Å²) < 4.78 is 6.31. The Labute approximate surface area is 71.6 Å². The Morgan fingerprint density at radius 3 is 1.50 bits per heavy atom. The predicted molar refractivity (Wildman–Crippen MR) is 42.6 cm³/mol. The first-order valence-corrected chi connectivity index (χ1v) is 3.21. The molecule has 12 heavy (non-hydrogen) atoms. The van der Waals surface area contributed by atoms with Gasteiger partial charge in [-0.1, -0.05) is 0 Å². The number of rotatable bonds is 3. The van der Waals surface area contributed by atoms with Crippen molar-refractivity contribution < 1.29 is 21.2 Å². The molecule has 0 aromatic heterocycles. The molecule has 0 saturated heterocycles. The number of hydrogen-bond acceptors (Lipinski definition) is 4. The van der Waals surface area contributed by atoms with Crippen LogP contribution in [0.1, 0.15) is 13.8 Å². The molecule has 0 unspecified atom stereocenters. The van der Waals surface area contributed by atoms with Gasteiger partial charge in [-0.25, -0.2) is 0 Å². The third kappa shape index (κ3) is 11.6. The minimum Gasteiger partial charge on any atom is -0.480 e. The van der Waals surface area contributed by atoms with E-state index < -0.39 is 24.0 Å². The fourth-order valence-corrected chi connectivity index (χ4v) is 0. The van der Waals surface area contributed by atoms with Crippen LogP contribution in [0.15, 0.2) is 0 Å². The molecule has 2 atom stereocenters. The fraction of sp³-hybridized carbons (Fsp3) is 0.667. The highest BCUT2D eigenvalue weighted by Crippen LogP contribution is 1.68. The van der Waals surface area contributed by atoms with Crippen molar-refractivity contribution in [2.75, 3.05) is 0 Å². The summed E-state index contributed by atoms with van der Waals surface area (Å²) >= 11 is 0. The summed E-state index contributed by atoms with van der Waals surface area (Å²) in [5.41, 5.74) is 6.65. The molecule has 0 aliphatic rings. The molecule has 6 nitrogen and oxygen atoms in total. The monoisotopic (exact) mass is 179 g/mol. The number of hydrogen-bond donors (Lipinski definition) is 4. The molecule has 6 heteroatoms. The topological polar surface area (TPSA) is 127 Å². The summed E-state index contributed by atoms with van der Waals surface area (Å²) in [5.74, 6) is -1.97. The lowest BCUT2D eigenvalue weighted by Crippen LogP contribution is -2.25. The lowest BCUT2D eigenvalue weighted by atomic mass is 10.4. The van der Waals surface area contributed by atoms with E-state index in [1.54, 1.807) is 0 Å². The summed E-state index contributed by atoms with van der Waals surface area (Å²) in [7, 11) is 0. The minimum absolute atomic E-state index is 0.731. The Bertz CT molecular complexity index is 174. The van der Waals surface area contributed by atoms with Gasteiger partial charge in [0, 0.05) is 0 Å². The van der Waals surface area contributed by atoms with Gasteiger partial charge in [0.05, 0.1) is 0 Å². The van der Waals surface area contributed by atoms with Crippen LogP contribution in [-0.4, -0.2) is 34.2 Å². The van der Waals surface area contributed by atoms with Gasteiger partial charge in [-0.2, -0.15) is 0 Å². The molecule has 0 rings (SSSR count). The maximum Gasteiger partial charge on any atom is 0.320 e. The summed E-state index contributed by atoms with van der Waals surface area (Å²) in [5, 5.41) is 15.9. The van der Waals surface area contributed by atoms with Crippen molar-refractivity contribution in [1.82, 2.24) is 0 Å². The van der Waals surface area contributed by atoms with Gasteiger partial charge in [-0.05, 0) is 13.8 Å². The Kier molecular flexibility index (Phi) is 5.94. The molecule has 0 aliphatic heterocycles. The van der Waals surface area contributed by atoms with Gasteiger partial charge in [0.2, 0.25) is 0 Å². The van der Waals surface area contributed by atoms with E-state index >= 15 is 0 Å². The summed E-state index contributed by atoms with van der Waals surface area (Å²) in [6, 6.07) is -1.50. The molecule has 0 aromatic carbocycles. The average Bonchev–Trinajstić information content (AvgIpc) is 2.03. The average molecular weight is 179 g/mol. The maximum absolute atomic E-state index is 9.75. The molecule has 0 amide bonds. The second-order valence-electron chi connectivity index (χ2n) is 2.19. The van der Waals surface area contributed by atoms with Gasteiger partial charge in [0.1, 0.15) is 13.5 Å². The molecule has 72 valence electrons. The standard InChI is InChI=1S/2C3H7NO2/c2*1-2(4)3(5)6/h2*2H,4H2,1H3,(H,5,6)/t2*2-/m10/s1/i/hD. The summed E-state index contributed by atoms with van der Waals surface area (Å²) in [6.45, 7) is 2.82. The van der Waals surface area contributed by atoms with Crippen LogP contribution in [0.4, 0.5) is 0 Å². The van der Waals surface area contributed by atoms with Crippen molar-refractivity contribution in [3.8, 4) is 0 Å². The van der Waals surface area contributed by atoms with Crippen LogP contribution in [0.2, 0.25) is 1.41 Å². The first-order valence-electron chi connectivity index (χ1n) is 3.71. The van der Waals surface area contributed by atoms with Crippen LogP contribution in [0.3, 0.4) is 0 Å². The Balaban J connectivity index is 0. The van der Waals surface area contributed by atoms with Crippen molar-refractivity contribution in [3.05, 3.63) is 0 Å². The van der Waals surface area contributed by atoms with Crippen molar-refractivity contribution in [1.29, 1.82) is 0 Å². The van der Waals surface area contributed by atoms with Crippen molar-refractivity contribution in [2.24, 2.45) is 11.5 Å². The van der Waals surface area contributed by atoms with Crippen molar-refractivity contribution in [2.45, 2.75) is 25.9 Å². The number of nitrogens with two attached hydrogens (primary N) is 2. The van der Waals surface area contributed by atoms with Gasteiger partial charge >= 0.3 is 11.9 Å². The zero-order valence-corrected chi connectivity index (χ0v) is 6.94. The molecule has 0 spiro atoms. The van der Waals surface area contributed by atoms with Crippen LogP contribution in [0, 0.1) is 0 Å². The van der Waals surface area contributed by atoms with Gasteiger partial charge in [-0.15, -0.1) is 0 Å². The van der Waals surface area contributed by atoms with Gasteiger partial charge < -0.3 is 21.7 Å². The molecule has 0 bridgehead atoms. The molecule has 0 heterocycles. The zero-order chi connectivity index (χ0) is 11.0. The van der Waals surface area contributed by atoms with Gasteiger partial charge in [-0.3, -0.25) is 9.59 Å².